The highest BCUT2D eigenvalue weighted by molar-refractivity contribution is 6.44. The average molecular weight is 450 g/mol. The fourth-order valence-electron chi connectivity index (χ4n) is 3.81. The number of imidazole rings is 1. The second-order valence-corrected chi connectivity index (χ2v) is 8.67. The Morgan fingerprint density at radius 1 is 1.23 bits per heavy atom. The number of likely N-dealkylation sites (tertiary alicyclic amines) is 1. The molecular weight excluding hydrogens is 429 g/mol. The smallest absolute Gasteiger partial charge is 0.354 e. The number of carbonyl (C=O) groups is 1. The minimum absolute atomic E-state index is 0.0284. The maximum atomic E-state index is 12.0. The zero-order valence-corrected chi connectivity index (χ0v) is 17.8. The van der Waals surface area contributed by atoms with Gasteiger partial charge in [0, 0.05) is 31.4 Å². The van der Waals surface area contributed by atoms with Crippen molar-refractivity contribution in [3.05, 3.63) is 51.9 Å². The van der Waals surface area contributed by atoms with Crippen LogP contribution in [-0.2, 0) is 6.54 Å². The van der Waals surface area contributed by atoms with Crippen molar-refractivity contribution in [2.45, 2.75) is 31.9 Å². The van der Waals surface area contributed by atoms with Gasteiger partial charge in [-0.3, -0.25) is 9.30 Å². The van der Waals surface area contributed by atoms with E-state index in [0.717, 1.165) is 0 Å². The summed E-state index contributed by atoms with van der Waals surface area (Å²) in [6, 6.07) is 6.31. The number of piperidine rings is 1. The third-order valence-electron chi connectivity index (χ3n) is 5.57. The number of rotatable bonds is 4. The van der Waals surface area contributed by atoms with Gasteiger partial charge in [-0.15, -0.1) is 0 Å². The van der Waals surface area contributed by atoms with Gasteiger partial charge >= 0.3 is 5.97 Å². The van der Waals surface area contributed by atoms with E-state index >= 15 is 0 Å². The minimum atomic E-state index is -1.07. The topological polar surface area (TPSA) is 98.3 Å². The lowest BCUT2D eigenvalue weighted by Crippen LogP contribution is -2.42. The number of carboxylic acid groups (broad SMARTS) is 1. The molecule has 3 aromatic rings. The molecule has 1 aromatic carbocycles. The zero-order valence-electron chi connectivity index (χ0n) is 16.3. The van der Waals surface area contributed by atoms with Gasteiger partial charge in [-0.25, -0.2) is 9.78 Å². The van der Waals surface area contributed by atoms with Crippen molar-refractivity contribution in [1.29, 1.82) is 0 Å². The fraction of sp³-hybridized carbons (Fsp3) is 0.333. The number of halogens is 2. The van der Waals surface area contributed by atoms with E-state index in [-0.39, 0.29) is 16.5 Å². The number of phenols is 1. The highest BCUT2D eigenvalue weighted by Crippen LogP contribution is 2.40. The lowest BCUT2D eigenvalue weighted by atomic mass is 9.94. The molecule has 158 valence electrons. The maximum absolute atomic E-state index is 12.0. The Morgan fingerprint density at radius 3 is 2.60 bits per heavy atom. The molecule has 0 aliphatic carbocycles. The first-order valence-electron chi connectivity index (χ1n) is 9.52. The Balaban J connectivity index is 1.74. The molecule has 4 rings (SSSR count). The summed E-state index contributed by atoms with van der Waals surface area (Å²) in [4.78, 5) is 18.6. The molecule has 0 saturated carbocycles. The van der Waals surface area contributed by atoms with Crippen LogP contribution >= 0.6 is 23.2 Å². The summed E-state index contributed by atoms with van der Waals surface area (Å²) in [6.45, 7) is 3.52. The number of aromatic carboxylic acids is 1. The molecule has 1 saturated heterocycles. The van der Waals surface area contributed by atoms with Gasteiger partial charge in [0.05, 0.1) is 21.3 Å². The largest absolute Gasteiger partial charge is 0.507 e. The summed E-state index contributed by atoms with van der Waals surface area (Å²) in [5.74, 6) is -1.10. The van der Waals surface area contributed by atoms with Crippen LogP contribution in [0.25, 0.3) is 16.8 Å². The number of pyridine rings is 1. The highest BCUT2D eigenvalue weighted by Gasteiger charge is 2.29. The Kier molecular flexibility index (Phi) is 5.40. The molecule has 1 fully saturated rings. The summed E-state index contributed by atoms with van der Waals surface area (Å²) in [5, 5.41) is 30.7. The first-order valence-corrected chi connectivity index (χ1v) is 10.3. The van der Waals surface area contributed by atoms with Gasteiger partial charge in [0.25, 0.3) is 0 Å². The molecule has 7 nitrogen and oxygen atoms in total. The van der Waals surface area contributed by atoms with Gasteiger partial charge in [-0.05, 0) is 49.6 Å². The molecule has 1 aliphatic rings. The molecule has 0 amide bonds. The molecule has 0 bridgehead atoms. The van der Waals surface area contributed by atoms with Crippen molar-refractivity contribution in [2.24, 2.45) is 0 Å². The number of phenolic OH excluding ortho intramolecular Hbond substituents is 1. The van der Waals surface area contributed by atoms with Crippen molar-refractivity contribution in [3.63, 3.8) is 0 Å². The van der Waals surface area contributed by atoms with Gasteiger partial charge in [-0.1, -0.05) is 23.2 Å². The SMILES string of the molecule is CC1(O)CCN(Cc2nc3cc(-c4c(O)ccc(Cl)c4Cl)ccn3c2C(=O)O)CC1. The van der Waals surface area contributed by atoms with Crippen LogP contribution in [0.2, 0.25) is 10.0 Å². The summed E-state index contributed by atoms with van der Waals surface area (Å²) in [7, 11) is 0. The second kappa shape index (κ2) is 7.74. The molecule has 3 heterocycles. The summed E-state index contributed by atoms with van der Waals surface area (Å²) in [5.41, 5.74) is 1.23. The molecule has 3 N–H and O–H groups in total. The van der Waals surface area contributed by atoms with Crippen molar-refractivity contribution >= 4 is 34.8 Å². The van der Waals surface area contributed by atoms with Crippen LogP contribution in [0.15, 0.2) is 30.5 Å². The monoisotopic (exact) mass is 449 g/mol. The number of aromatic nitrogens is 2. The first-order chi connectivity index (χ1) is 14.2. The number of hydrogen-bond acceptors (Lipinski definition) is 5. The fourth-order valence-corrected chi connectivity index (χ4v) is 4.23. The van der Waals surface area contributed by atoms with E-state index in [1.165, 1.54) is 16.5 Å². The predicted molar refractivity (Wildman–Crippen MR) is 114 cm³/mol. The number of benzene rings is 1. The van der Waals surface area contributed by atoms with Crippen molar-refractivity contribution in [2.75, 3.05) is 13.1 Å². The van der Waals surface area contributed by atoms with Crippen LogP contribution in [0, 0.1) is 0 Å². The van der Waals surface area contributed by atoms with Gasteiger partial charge in [-0.2, -0.15) is 0 Å². The molecular formula is C21H21Cl2N3O4. The number of hydrogen-bond donors (Lipinski definition) is 3. The lowest BCUT2D eigenvalue weighted by Gasteiger charge is -2.35. The van der Waals surface area contributed by atoms with Crippen molar-refractivity contribution in [3.8, 4) is 16.9 Å². The third kappa shape index (κ3) is 3.86. The number of carboxylic acids is 1. The quantitative estimate of drug-likeness (QED) is 0.555. The van der Waals surface area contributed by atoms with Crippen LogP contribution in [0.1, 0.15) is 35.9 Å². The molecule has 30 heavy (non-hydrogen) atoms. The van der Waals surface area contributed by atoms with Crippen LogP contribution in [0.5, 0.6) is 5.75 Å². The number of aromatic hydroxyl groups is 1. The second-order valence-electron chi connectivity index (χ2n) is 7.88. The average Bonchev–Trinajstić information content (AvgIpc) is 3.04. The summed E-state index contributed by atoms with van der Waals surface area (Å²) >= 11 is 12.4. The predicted octanol–water partition coefficient (Wildman–Crippen LogP) is 4.06. The molecule has 0 unspecified atom stereocenters. The Morgan fingerprint density at radius 2 is 1.93 bits per heavy atom. The van der Waals surface area contributed by atoms with Crippen LogP contribution in [-0.4, -0.2) is 54.3 Å². The van der Waals surface area contributed by atoms with Gasteiger partial charge < -0.3 is 15.3 Å². The van der Waals surface area contributed by atoms with Crippen LogP contribution in [0.3, 0.4) is 0 Å². The van der Waals surface area contributed by atoms with E-state index in [9.17, 15) is 20.1 Å². The van der Waals surface area contributed by atoms with E-state index < -0.39 is 11.6 Å². The van der Waals surface area contributed by atoms with E-state index in [1.807, 2.05) is 6.92 Å². The van der Waals surface area contributed by atoms with Crippen molar-refractivity contribution in [1.82, 2.24) is 14.3 Å². The van der Waals surface area contributed by atoms with Crippen LogP contribution in [0.4, 0.5) is 0 Å². The minimum Gasteiger partial charge on any atom is -0.507 e. The Labute approximate surface area is 183 Å². The third-order valence-corrected chi connectivity index (χ3v) is 6.37. The van der Waals surface area contributed by atoms with Crippen molar-refractivity contribution < 1.29 is 20.1 Å². The Bertz CT molecular complexity index is 1130. The normalized spacial score (nSPS) is 16.8. The first kappa shape index (κ1) is 20.9. The van der Waals surface area contributed by atoms with E-state index in [0.29, 0.717) is 60.0 Å². The highest BCUT2D eigenvalue weighted by atomic mass is 35.5. The van der Waals surface area contributed by atoms with Gasteiger partial charge in [0.15, 0.2) is 5.69 Å². The molecule has 9 heteroatoms. The standard InChI is InChI=1S/C21H21Cl2N3O4/c1-21(30)5-8-25(9-6-21)11-14-19(20(28)29)26-7-4-12(10-16(26)24-14)17-15(27)3-2-13(22)18(17)23/h2-4,7,10,27,30H,5-6,8-9,11H2,1H3,(H,28,29). The Hall–Kier alpha value is -2.32. The van der Waals surface area contributed by atoms with E-state index in [1.54, 1.807) is 18.3 Å². The number of fused-ring (bicyclic) bond motifs is 1. The maximum Gasteiger partial charge on any atom is 0.354 e. The number of aliphatic hydroxyl groups is 1. The van der Waals surface area contributed by atoms with E-state index in [2.05, 4.69) is 9.88 Å². The summed E-state index contributed by atoms with van der Waals surface area (Å²) < 4.78 is 1.51. The zero-order chi connectivity index (χ0) is 21.6. The number of nitrogens with zero attached hydrogens (tertiary/aromatic N) is 3. The van der Waals surface area contributed by atoms with E-state index in [4.69, 9.17) is 23.2 Å². The molecule has 0 spiro atoms. The molecule has 2 aromatic heterocycles. The molecule has 0 radical (unpaired) electrons. The summed E-state index contributed by atoms with van der Waals surface area (Å²) in [6.07, 6.45) is 2.85. The van der Waals surface area contributed by atoms with Gasteiger partial charge in [0.2, 0.25) is 0 Å². The molecule has 0 atom stereocenters. The van der Waals surface area contributed by atoms with Gasteiger partial charge in [0.1, 0.15) is 11.4 Å². The molecule has 1 aliphatic heterocycles. The van der Waals surface area contributed by atoms with Crippen LogP contribution < -0.4 is 0 Å². The lowest BCUT2D eigenvalue weighted by molar-refractivity contribution is -0.00767.